The van der Waals surface area contributed by atoms with Crippen molar-refractivity contribution in [2.45, 2.75) is 39.0 Å². The Morgan fingerprint density at radius 3 is 2.16 bits per heavy atom. The van der Waals surface area contributed by atoms with Crippen LogP contribution < -0.4 is 4.74 Å². The third-order valence-electron chi connectivity index (χ3n) is 5.55. The molecule has 166 valence electrons. The van der Waals surface area contributed by atoms with E-state index in [9.17, 15) is 9.59 Å². The van der Waals surface area contributed by atoms with Crippen molar-refractivity contribution in [1.29, 1.82) is 0 Å². The molecule has 1 aliphatic rings. The highest BCUT2D eigenvalue weighted by molar-refractivity contribution is 6.32. The molecule has 1 heterocycles. The van der Waals surface area contributed by atoms with E-state index in [4.69, 9.17) is 16.3 Å². The molecule has 6 heteroatoms. The molecule has 0 bridgehead atoms. The first-order chi connectivity index (χ1) is 14.8. The first kappa shape index (κ1) is 23.1. The van der Waals surface area contributed by atoms with Crippen LogP contribution >= 0.6 is 11.6 Å². The maximum Gasteiger partial charge on any atom is 0.253 e. The third-order valence-corrected chi connectivity index (χ3v) is 5.86. The fourth-order valence-corrected chi connectivity index (χ4v) is 3.77. The summed E-state index contributed by atoms with van der Waals surface area (Å²) >= 11 is 6.07. The van der Waals surface area contributed by atoms with Gasteiger partial charge in [0.1, 0.15) is 5.75 Å². The normalized spacial score (nSPS) is 14.5. The maximum atomic E-state index is 12.8. The first-order valence-corrected chi connectivity index (χ1v) is 11.2. The van der Waals surface area contributed by atoms with E-state index in [0.29, 0.717) is 62.0 Å². The van der Waals surface area contributed by atoms with E-state index in [-0.39, 0.29) is 17.2 Å². The van der Waals surface area contributed by atoms with Gasteiger partial charge >= 0.3 is 0 Å². The summed E-state index contributed by atoms with van der Waals surface area (Å²) in [6.07, 6.45) is 1.05. The number of ether oxygens (including phenoxy) is 1. The monoisotopic (exact) mass is 442 g/mol. The number of hydrogen-bond acceptors (Lipinski definition) is 3. The van der Waals surface area contributed by atoms with E-state index in [0.717, 1.165) is 0 Å². The van der Waals surface area contributed by atoms with E-state index < -0.39 is 0 Å². The van der Waals surface area contributed by atoms with Crippen molar-refractivity contribution in [2.75, 3.05) is 32.8 Å². The Morgan fingerprint density at radius 1 is 0.935 bits per heavy atom. The molecule has 31 heavy (non-hydrogen) atoms. The number of rotatable bonds is 6. The van der Waals surface area contributed by atoms with Gasteiger partial charge in [-0.05, 0) is 41.7 Å². The number of hydrogen-bond donors (Lipinski definition) is 0. The van der Waals surface area contributed by atoms with Gasteiger partial charge < -0.3 is 14.5 Å². The smallest absolute Gasteiger partial charge is 0.253 e. The molecule has 1 aliphatic heterocycles. The summed E-state index contributed by atoms with van der Waals surface area (Å²) < 4.78 is 5.65. The van der Waals surface area contributed by atoms with Crippen molar-refractivity contribution in [3.63, 3.8) is 0 Å². The molecule has 5 nitrogen and oxygen atoms in total. The van der Waals surface area contributed by atoms with Gasteiger partial charge in [-0.3, -0.25) is 9.59 Å². The first-order valence-electron chi connectivity index (χ1n) is 10.8. The minimum Gasteiger partial charge on any atom is -0.492 e. The number of halogens is 1. The lowest BCUT2D eigenvalue weighted by Gasteiger charge is -2.35. The van der Waals surface area contributed by atoms with E-state index in [1.54, 1.807) is 6.07 Å². The summed E-state index contributed by atoms with van der Waals surface area (Å²) in [5, 5.41) is 0.572. The second kappa shape index (κ2) is 10.2. The Balaban J connectivity index is 1.42. The highest BCUT2D eigenvalue weighted by Crippen LogP contribution is 2.24. The molecule has 0 aromatic heterocycles. The zero-order chi connectivity index (χ0) is 22.4. The van der Waals surface area contributed by atoms with Gasteiger partial charge in [0.2, 0.25) is 5.91 Å². The van der Waals surface area contributed by atoms with Gasteiger partial charge in [0.05, 0.1) is 11.6 Å². The lowest BCUT2D eigenvalue weighted by molar-refractivity contribution is -0.132. The summed E-state index contributed by atoms with van der Waals surface area (Å²) in [6.45, 7) is 9.16. The van der Waals surface area contributed by atoms with Gasteiger partial charge in [0.15, 0.2) is 0 Å². The molecule has 0 atom stereocenters. The minimum atomic E-state index is 0.0284. The van der Waals surface area contributed by atoms with Crippen LogP contribution in [0.15, 0.2) is 48.5 Å². The standard InChI is InChI=1S/C25H31ClN2O3/c1-25(2,3)20-12-10-19(11-13-20)24(30)28-16-14-27(15-17-28)23(29)9-6-18-31-22-8-5-4-7-21(22)26/h4-5,7-8,10-13H,6,9,14-18H2,1-3H3. The highest BCUT2D eigenvalue weighted by Gasteiger charge is 2.25. The number of amides is 2. The summed E-state index contributed by atoms with van der Waals surface area (Å²) in [4.78, 5) is 29.0. The Morgan fingerprint density at radius 2 is 1.55 bits per heavy atom. The van der Waals surface area contributed by atoms with Crippen LogP contribution in [0.3, 0.4) is 0 Å². The fraction of sp³-hybridized carbons (Fsp3) is 0.440. The van der Waals surface area contributed by atoms with Crippen molar-refractivity contribution >= 4 is 23.4 Å². The second-order valence-corrected chi connectivity index (χ2v) is 9.29. The minimum absolute atomic E-state index is 0.0284. The molecule has 0 radical (unpaired) electrons. The number of benzene rings is 2. The van der Waals surface area contributed by atoms with Crippen molar-refractivity contribution < 1.29 is 14.3 Å². The Labute approximate surface area is 189 Å². The molecule has 3 rings (SSSR count). The molecule has 2 aromatic carbocycles. The van der Waals surface area contributed by atoms with Crippen LogP contribution in [0.1, 0.15) is 49.5 Å². The Kier molecular flexibility index (Phi) is 7.60. The average Bonchev–Trinajstić information content (AvgIpc) is 2.77. The van der Waals surface area contributed by atoms with Gasteiger partial charge in [-0.15, -0.1) is 0 Å². The molecule has 0 N–H and O–H groups in total. The predicted molar refractivity (Wildman–Crippen MR) is 124 cm³/mol. The van der Waals surface area contributed by atoms with Crippen LogP contribution in [0.2, 0.25) is 5.02 Å². The zero-order valence-electron chi connectivity index (χ0n) is 18.6. The van der Waals surface area contributed by atoms with Gasteiger partial charge in [0, 0.05) is 38.2 Å². The summed E-state index contributed by atoms with van der Waals surface area (Å²) in [7, 11) is 0. The van der Waals surface area contributed by atoms with E-state index in [1.807, 2.05) is 52.3 Å². The number of carbonyl (C=O) groups is 2. The molecule has 2 amide bonds. The molecule has 0 unspecified atom stereocenters. The second-order valence-electron chi connectivity index (χ2n) is 8.88. The van der Waals surface area contributed by atoms with Crippen molar-refractivity contribution in [1.82, 2.24) is 9.80 Å². The highest BCUT2D eigenvalue weighted by atomic mass is 35.5. The molecule has 2 aromatic rings. The molecule has 1 fully saturated rings. The van der Waals surface area contributed by atoms with E-state index >= 15 is 0 Å². The number of piperazine rings is 1. The Hall–Kier alpha value is -2.53. The van der Waals surface area contributed by atoms with Crippen LogP contribution in [0, 0.1) is 0 Å². The topological polar surface area (TPSA) is 49.9 Å². The van der Waals surface area contributed by atoms with Gasteiger partial charge in [-0.2, -0.15) is 0 Å². The molecular formula is C25H31ClN2O3. The third kappa shape index (κ3) is 6.23. The lowest BCUT2D eigenvalue weighted by atomic mass is 9.86. The van der Waals surface area contributed by atoms with Gasteiger partial charge in [-0.25, -0.2) is 0 Å². The summed E-state index contributed by atoms with van der Waals surface area (Å²) in [5.74, 6) is 0.768. The van der Waals surface area contributed by atoms with E-state index in [2.05, 4.69) is 20.8 Å². The largest absolute Gasteiger partial charge is 0.492 e. The van der Waals surface area contributed by atoms with Gasteiger partial charge in [0.25, 0.3) is 5.91 Å². The summed E-state index contributed by atoms with van der Waals surface area (Å²) in [5.41, 5.74) is 1.97. The predicted octanol–water partition coefficient (Wildman–Crippen LogP) is 4.78. The number of carbonyl (C=O) groups excluding carboxylic acids is 2. The molecule has 0 saturated carbocycles. The molecule has 0 spiro atoms. The molecule has 0 aliphatic carbocycles. The quantitative estimate of drug-likeness (QED) is 0.605. The lowest BCUT2D eigenvalue weighted by Crippen LogP contribution is -2.50. The van der Waals surface area contributed by atoms with Crippen molar-refractivity contribution in [3.8, 4) is 5.75 Å². The summed E-state index contributed by atoms with van der Waals surface area (Å²) in [6, 6.07) is 15.2. The number of para-hydroxylation sites is 1. The van der Waals surface area contributed by atoms with Crippen molar-refractivity contribution in [3.05, 3.63) is 64.7 Å². The van der Waals surface area contributed by atoms with Crippen LogP contribution in [-0.2, 0) is 10.2 Å². The van der Waals surface area contributed by atoms with Gasteiger partial charge in [-0.1, -0.05) is 56.6 Å². The zero-order valence-corrected chi connectivity index (χ0v) is 19.3. The molecular weight excluding hydrogens is 412 g/mol. The fourth-order valence-electron chi connectivity index (χ4n) is 3.58. The van der Waals surface area contributed by atoms with Crippen LogP contribution in [0.4, 0.5) is 0 Å². The maximum absolute atomic E-state index is 12.8. The van der Waals surface area contributed by atoms with Crippen molar-refractivity contribution in [2.24, 2.45) is 0 Å². The van der Waals surface area contributed by atoms with Crippen LogP contribution in [0.25, 0.3) is 0 Å². The average molecular weight is 443 g/mol. The van der Waals surface area contributed by atoms with Crippen LogP contribution in [-0.4, -0.2) is 54.4 Å². The Bertz CT molecular complexity index is 898. The SMILES string of the molecule is CC(C)(C)c1ccc(C(=O)N2CCN(C(=O)CCCOc3ccccc3Cl)CC2)cc1. The molecule has 1 saturated heterocycles. The van der Waals surface area contributed by atoms with E-state index in [1.165, 1.54) is 5.56 Å². The van der Waals surface area contributed by atoms with Crippen LogP contribution in [0.5, 0.6) is 5.75 Å². The number of nitrogens with zero attached hydrogens (tertiary/aromatic N) is 2.